The quantitative estimate of drug-likeness (QED) is 0.742. The molecule has 3 heteroatoms. The molecule has 1 saturated carbocycles. The van der Waals surface area contributed by atoms with Crippen molar-refractivity contribution in [3.05, 3.63) is 0 Å². The molecule has 3 nitrogen and oxygen atoms in total. The molecule has 15 heavy (non-hydrogen) atoms. The maximum absolute atomic E-state index is 9.06. The van der Waals surface area contributed by atoms with E-state index in [0.717, 1.165) is 13.2 Å². The van der Waals surface area contributed by atoms with Crippen molar-refractivity contribution < 1.29 is 9.84 Å². The molecule has 0 radical (unpaired) electrons. The van der Waals surface area contributed by atoms with E-state index in [4.69, 9.17) is 9.84 Å². The van der Waals surface area contributed by atoms with Gasteiger partial charge in [0.25, 0.3) is 0 Å². The summed E-state index contributed by atoms with van der Waals surface area (Å²) >= 11 is 0. The molecule has 1 aliphatic heterocycles. The lowest BCUT2D eigenvalue weighted by Gasteiger charge is -2.33. The molecule has 0 aromatic rings. The van der Waals surface area contributed by atoms with Crippen LogP contribution in [0.2, 0.25) is 0 Å². The van der Waals surface area contributed by atoms with E-state index in [1.807, 2.05) is 0 Å². The summed E-state index contributed by atoms with van der Waals surface area (Å²) in [6.45, 7) is 2.22. The van der Waals surface area contributed by atoms with Crippen LogP contribution in [-0.4, -0.2) is 37.0 Å². The molecule has 1 saturated heterocycles. The second-order valence-corrected chi connectivity index (χ2v) is 4.95. The van der Waals surface area contributed by atoms with Crippen molar-refractivity contribution in [2.75, 3.05) is 19.8 Å². The van der Waals surface area contributed by atoms with Crippen molar-refractivity contribution in [2.24, 2.45) is 5.92 Å². The van der Waals surface area contributed by atoms with E-state index < -0.39 is 0 Å². The Morgan fingerprint density at radius 2 is 1.53 bits per heavy atom. The minimum absolute atomic E-state index is 0.379. The lowest BCUT2D eigenvalue weighted by Crippen LogP contribution is -2.43. The number of aliphatic hydroxyl groups excluding tert-OH is 1. The first-order valence-corrected chi connectivity index (χ1v) is 6.33. The summed E-state index contributed by atoms with van der Waals surface area (Å²) in [6, 6.07) is 1.37. The summed E-state index contributed by atoms with van der Waals surface area (Å²) in [5.41, 5.74) is 0. The summed E-state index contributed by atoms with van der Waals surface area (Å²) in [6.07, 6.45) is 7.19. The van der Waals surface area contributed by atoms with Crippen LogP contribution < -0.4 is 5.32 Å². The molecule has 2 aliphatic rings. The fourth-order valence-electron chi connectivity index (χ4n) is 2.71. The van der Waals surface area contributed by atoms with Crippen LogP contribution in [0.3, 0.4) is 0 Å². The molecule has 2 N–H and O–H groups in total. The Hall–Kier alpha value is -0.120. The Morgan fingerprint density at radius 3 is 2.13 bits per heavy atom. The predicted octanol–water partition coefficient (Wildman–Crippen LogP) is 1.31. The van der Waals surface area contributed by atoms with E-state index in [0.29, 0.717) is 24.6 Å². The molecule has 88 valence electrons. The van der Waals surface area contributed by atoms with Crippen LogP contribution in [0.5, 0.6) is 0 Å². The van der Waals surface area contributed by atoms with Gasteiger partial charge in [-0.1, -0.05) is 0 Å². The molecule has 0 aromatic heterocycles. The maximum atomic E-state index is 9.06. The van der Waals surface area contributed by atoms with Crippen LogP contribution in [0.25, 0.3) is 0 Å². The minimum Gasteiger partial charge on any atom is -0.396 e. The van der Waals surface area contributed by atoms with E-state index >= 15 is 0 Å². The first kappa shape index (κ1) is 11.4. The predicted molar refractivity (Wildman–Crippen MR) is 59.8 cm³/mol. The molecule has 0 spiro atoms. The van der Waals surface area contributed by atoms with Gasteiger partial charge in [0.1, 0.15) is 0 Å². The van der Waals surface area contributed by atoms with E-state index in [1.165, 1.54) is 38.5 Å². The van der Waals surface area contributed by atoms with Crippen molar-refractivity contribution in [1.29, 1.82) is 0 Å². The third kappa shape index (κ3) is 3.44. The highest BCUT2D eigenvalue weighted by Crippen LogP contribution is 2.24. The first-order chi connectivity index (χ1) is 7.38. The molecule has 0 unspecified atom stereocenters. The van der Waals surface area contributed by atoms with E-state index in [1.54, 1.807) is 0 Å². The van der Waals surface area contributed by atoms with E-state index in [2.05, 4.69) is 5.32 Å². The first-order valence-electron chi connectivity index (χ1n) is 6.33. The summed E-state index contributed by atoms with van der Waals surface area (Å²) < 4.78 is 5.35. The molecule has 0 amide bonds. The molecular weight excluding hydrogens is 190 g/mol. The zero-order valence-corrected chi connectivity index (χ0v) is 9.45. The molecule has 0 atom stereocenters. The molecule has 1 aliphatic carbocycles. The number of ether oxygens (including phenoxy) is 1. The normalized spacial score (nSPS) is 34.2. The van der Waals surface area contributed by atoms with Crippen LogP contribution in [0.1, 0.15) is 38.5 Å². The highest BCUT2D eigenvalue weighted by molar-refractivity contribution is 4.81. The van der Waals surface area contributed by atoms with Crippen LogP contribution >= 0.6 is 0 Å². The van der Waals surface area contributed by atoms with Gasteiger partial charge < -0.3 is 15.2 Å². The van der Waals surface area contributed by atoms with Gasteiger partial charge >= 0.3 is 0 Å². The summed E-state index contributed by atoms with van der Waals surface area (Å²) in [7, 11) is 0. The van der Waals surface area contributed by atoms with Gasteiger partial charge in [-0.2, -0.15) is 0 Å². The topological polar surface area (TPSA) is 41.5 Å². The third-order valence-corrected chi connectivity index (χ3v) is 3.80. The Labute approximate surface area is 92.2 Å². The average Bonchev–Trinajstić information content (AvgIpc) is 2.31. The van der Waals surface area contributed by atoms with Gasteiger partial charge in [-0.25, -0.2) is 0 Å². The number of hydrogen-bond donors (Lipinski definition) is 2. The van der Waals surface area contributed by atoms with Gasteiger partial charge in [-0.15, -0.1) is 0 Å². The van der Waals surface area contributed by atoms with Crippen molar-refractivity contribution in [3.63, 3.8) is 0 Å². The van der Waals surface area contributed by atoms with Gasteiger partial charge in [0, 0.05) is 31.9 Å². The van der Waals surface area contributed by atoms with Crippen LogP contribution in [0, 0.1) is 5.92 Å². The maximum Gasteiger partial charge on any atom is 0.0480 e. The Bertz CT molecular complexity index is 172. The average molecular weight is 213 g/mol. The SMILES string of the molecule is OCC1CCC(NC2CCOCC2)CC1. The molecule has 0 bridgehead atoms. The van der Waals surface area contributed by atoms with Crippen LogP contribution in [0.4, 0.5) is 0 Å². The van der Waals surface area contributed by atoms with Gasteiger partial charge in [-0.05, 0) is 44.4 Å². The van der Waals surface area contributed by atoms with Crippen molar-refractivity contribution in [2.45, 2.75) is 50.6 Å². The monoisotopic (exact) mass is 213 g/mol. The third-order valence-electron chi connectivity index (χ3n) is 3.80. The molecule has 2 rings (SSSR count). The minimum atomic E-state index is 0.379. The zero-order chi connectivity index (χ0) is 10.5. The van der Waals surface area contributed by atoms with Gasteiger partial charge in [-0.3, -0.25) is 0 Å². The fourth-order valence-corrected chi connectivity index (χ4v) is 2.71. The van der Waals surface area contributed by atoms with Gasteiger partial charge in [0.15, 0.2) is 0 Å². The fraction of sp³-hybridized carbons (Fsp3) is 1.00. The number of rotatable bonds is 3. The molecular formula is C12H23NO2. The van der Waals surface area contributed by atoms with Gasteiger partial charge in [0.05, 0.1) is 0 Å². The largest absolute Gasteiger partial charge is 0.396 e. The zero-order valence-electron chi connectivity index (χ0n) is 9.45. The van der Waals surface area contributed by atoms with Crippen molar-refractivity contribution in [3.8, 4) is 0 Å². The number of hydrogen-bond acceptors (Lipinski definition) is 3. The number of aliphatic hydroxyl groups is 1. The van der Waals surface area contributed by atoms with Crippen molar-refractivity contribution >= 4 is 0 Å². The summed E-state index contributed by atoms with van der Waals surface area (Å²) in [4.78, 5) is 0. The van der Waals surface area contributed by atoms with Crippen molar-refractivity contribution in [1.82, 2.24) is 5.32 Å². The lowest BCUT2D eigenvalue weighted by atomic mass is 9.86. The summed E-state index contributed by atoms with van der Waals surface area (Å²) in [5, 5.41) is 12.8. The Balaban J connectivity index is 1.67. The van der Waals surface area contributed by atoms with E-state index in [-0.39, 0.29) is 0 Å². The highest BCUT2D eigenvalue weighted by atomic mass is 16.5. The molecule has 2 fully saturated rings. The molecule has 0 aromatic carbocycles. The highest BCUT2D eigenvalue weighted by Gasteiger charge is 2.23. The Kier molecular flexibility index (Phi) is 4.42. The smallest absolute Gasteiger partial charge is 0.0480 e. The van der Waals surface area contributed by atoms with Crippen LogP contribution in [0.15, 0.2) is 0 Å². The summed E-state index contributed by atoms with van der Waals surface area (Å²) in [5.74, 6) is 0.567. The second kappa shape index (κ2) is 5.83. The van der Waals surface area contributed by atoms with E-state index in [9.17, 15) is 0 Å². The second-order valence-electron chi connectivity index (χ2n) is 4.95. The number of nitrogens with one attached hydrogen (secondary N) is 1. The van der Waals surface area contributed by atoms with Crippen LogP contribution in [-0.2, 0) is 4.74 Å². The molecule has 1 heterocycles. The standard InChI is InChI=1S/C12H23NO2/c14-9-10-1-3-11(4-2-10)13-12-5-7-15-8-6-12/h10-14H,1-9H2. The Morgan fingerprint density at radius 1 is 0.933 bits per heavy atom. The van der Waals surface area contributed by atoms with Gasteiger partial charge in [0.2, 0.25) is 0 Å². The lowest BCUT2D eigenvalue weighted by molar-refractivity contribution is 0.0711.